The monoisotopic (exact) mass is 341 g/mol. The number of hydrogen-bond donors (Lipinski definition) is 1. The average Bonchev–Trinajstić information content (AvgIpc) is 2.62. The van der Waals surface area contributed by atoms with Gasteiger partial charge in [-0.15, -0.1) is 0 Å². The maximum Gasteiger partial charge on any atom is 0.338 e. The number of aromatic hydroxyl groups is 1. The van der Waals surface area contributed by atoms with E-state index in [9.17, 15) is 14.7 Å². The zero-order valence-electron chi connectivity index (χ0n) is 14.8. The topological polar surface area (TPSA) is 66.8 Å². The van der Waals surface area contributed by atoms with Crippen LogP contribution in [0, 0.1) is 0 Å². The fourth-order valence-electron chi connectivity index (χ4n) is 2.79. The van der Waals surface area contributed by atoms with Gasteiger partial charge in [-0.3, -0.25) is 4.79 Å². The number of rotatable bonds is 7. The van der Waals surface area contributed by atoms with Crippen LogP contribution in [-0.2, 0) is 4.74 Å². The Kier molecular flexibility index (Phi) is 6.17. The number of ketones is 1. The molecule has 0 fully saturated rings. The van der Waals surface area contributed by atoms with Crippen LogP contribution in [0.2, 0.25) is 0 Å². The van der Waals surface area contributed by atoms with Crippen molar-refractivity contribution in [1.82, 2.24) is 0 Å². The largest absolute Gasteiger partial charge is 0.507 e. The fourth-order valence-corrected chi connectivity index (χ4v) is 2.79. The zero-order valence-corrected chi connectivity index (χ0v) is 14.8. The lowest BCUT2D eigenvalue weighted by atomic mass is 9.95. The first-order valence-electron chi connectivity index (χ1n) is 8.42. The highest BCUT2D eigenvalue weighted by molar-refractivity contribution is 6.18. The molecule has 132 valence electrons. The molecule has 2 rings (SSSR count). The van der Waals surface area contributed by atoms with Crippen molar-refractivity contribution in [3.63, 3.8) is 0 Å². The first-order valence-corrected chi connectivity index (χ1v) is 8.42. The number of phenolic OH excluding ortho intramolecular Hbond substituents is 1. The van der Waals surface area contributed by atoms with Crippen molar-refractivity contribution in [2.24, 2.45) is 0 Å². The van der Waals surface area contributed by atoms with Crippen molar-refractivity contribution in [2.75, 3.05) is 24.6 Å². The lowest BCUT2D eigenvalue weighted by Gasteiger charge is -2.25. The third-order valence-electron chi connectivity index (χ3n) is 4.02. The summed E-state index contributed by atoms with van der Waals surface area (Å²) in [5, 5.41) is 10.1. The predicted octanol–water partition coefficient (Wildman–Crippen LogP) is 3.65. The number of esters is 1. The van der Waals surface area contributed by atoms with Gasteiger partial charge in [0.2, 0.25) is 0 Å². The number of phenols is 1. The Morgan fingerprint density at radius 3 is 2.20 bits per heavy atom. The van der Waals surface area contributed by atoms with Crippen molar-refractivity contribution in [1.29, 1.82) is 0 Å². The van der Waals surface area contributed by atoms with Crippen molar-refractivity contribution in [3.8, 4) is 5.75 Å². The minimum absolute atomic E-state index is 0.114. The molecule has 0 bridgehead atoms. The third-order valence-corrected chi connectivity index (χ3v) is 4.02. The lowest BCUT2D eigenvalue weighted by Crippen LogP contribution is -2.26. The summed E-state index contributed by atoms with van der Waals surface area (Å²) in [7, 11) is 0. The normalized spacial score (nSPS) is 10.4. The fraction of sp³-hybridized carbons (Fsp3) is 0.300. The second-order valence-corrected chi connectivity index (χ2v) is 5.44. The minimum atomic E-state index is -0.546. The van der Waals surface area contributed by atoms with E-state index in [2.05, 4.69) is 0 Å². The quantitative estimate of drug-likeness (QED) is 0.615. The molecule has 1 N–H and O–H groups in total. The molecule has 0 atom stereocenters. The first-order chi connectivity index (χ1) is 12.0. The van der Waals surface area contributed by atoms with Crippen molar-refractivity contribution < 1.29 is 19.4 Å². The molecule has 0 unspecified atom stereocenters. The number of para-hydroxylation sites is 1. The first kappa shape index (κ1) is 18.5. The Bertz CT molecular complexity index is 766. The Morgan fingerprint density at radius 1 is 0.960 bits per heavy atom. The van der Waals surface area contributed by atoms with E-state index in [-0.39, 0.29) is 29.0 Å². The highest BCUT2D eigenvalue weighted by atomic mass is 16.5. The van der Waals surface area contributed by atoms with Crippen molar-refractivity contribution in [2.45, 2.75) is 20.8 Å². The van der Waals surface area contributed by atoms with Crippen LogP contribution >= 0.6 is 0 Å². The Hall–Kier alpha value is -2.82. The van der Waals surface area contributed by atoms with Gasteiger partial charge in [-0.1, -0.05) is 18.2 Å². The number of carbonyl (C=O) groups excluding carboxylic acids is 2. The average molecular weight is 341 g/mol. The smallest absolute Gasteiger partial charge is 0.338 e. The Labute approximate surface area is 147 Å². The predicted molar refractivity (Wildman–Crippen MR) is 97.5 cm³/mol. The van der Waals surface area contributed by atoms with Crippen LogP contribution in [0.4, 0.5) is 5.69 Å². The van der Waals surface area contributed by atoms with Crippen LogP contribution in [-0.4, -0.2) is 36.6 Å². The molecular weight excluding hydrogens is 318 g/mol. The van der Waals surface area contributed by atoms with Gasteiger partial charge in [0.05, 0.1) is 23.3 Å². The van der Waals surface area contributed by atoms with Crippen LogP contribution in [0.5, 0.6) is 5.75 Å². The maximum atomic E-state index is 13.2. The number of ether oxygens (including phenoxy) is 1. The number of carbonyl (C=O) groups is 2. The second-order valence-electron chi connectivity index (χ2n) is 5.44. The number of nitrogens with zero attached hydrogens (tertiary/aromatic N) is 1. The van der Waals surface area contributed by atoms with E-state index in [1.807, 2.05) is 24.8 Å². The van der Waals surface area contributed by atoms with E-state index < -0.39 is 11.8 Å². The van der Waals surface area contributed by atoms with Gasteiger partial charge in [0, 0.05) is 18.8 Å². The molecule has 2 aromatic carbocycles. The summed E-state index contributed by atoms with van der Waals surface area (Å²) in [6.07, 6.45) is 0. The molecule has 2 aromatic rings. The van der Waals surface area contributed by atoms with Gasteiger partial charge in [0.1, 0.15) is 5.75 Å². The summed E-state index contributed by atoms with van der Waals surface area (Å²) in [5.41, 5.74) is 1.28. The van der Waals surface area contributed by atoms with Gasteiger partial charge < -0.3 is 14.7 Å². The molecule has 5 nitrogen and oxygen atoms in total. The van der Waals surface area contributed by atoms with Crippen LogP contribution in [0.25, 0.3) is 0 Å². The van der Waals surface area contributed by atoms with E-state index in [4.69, 9.17) is 4.74 Å². The maximum absolute atomic E-state index is 13.2. The molecule has 0 spiro atoms. The molecule has 0 aromatic heterocycles. The summed E-state index contributed by atoms with van der Waals surface area (Å²) in [4.78, 5) is 27.5. The zero-order chi connectivity index (χ0) is 18.4. The molecule has 25 heavy (non-hydrogen) atoms. The molecule has 0 amide bonds. The molecule has 0 aliphatic heterocycles. The van der Waals surface area contributed by atoms with Gasteiger partial charge in [-0.2, -0.15) is 0 Å². The summed E-state index contributed by atoms with van der Waals surface area (Å²) in [5.74, 6) is -1.06. The van der Waals surface area contributed by atoms with E-state index in [1.54, 1.807) is 37.3 Å². The molecule has 0 radical (unpaired) electrons. The highest BCUT2D eigenvalue weighted by Gasteiger charge is 2.26. The number of benzene rings is 2. The molecule has 0 saturated carbocycles. The molecule has 0 saturated heterocycles. The molecule has 0 aliphatic rings. The summed E-state index contributed by atoms with van der Waals surface area (Å²) in [6, 6.07) is 11.5. The van der Waals surface area contributed by atoms with Crippen LogP contribution in [0.15, 0.2) is 42.5 Å². The molecule has 0 heterocycles. The minimum Gasteiger partial charge on any atom is -0.507 e. The van der Waals surface area contributed by atoms with Crippen molar-refractivity contribution in [3.05, 3.63) is 59.2 Å². The van der Waals surface area contributed by atoms with E-state index in [1.165, 1.54) is 6.07 Å². The van der Waals surface area contributed by atoms with E-state index >= 15 is 0 Å². The Balaban J connectivity index is 2.68. The van der Waals surface area contributed by atoms with Crippen LogP contribution in [0.3, 0.4) is 0 Å². The number of anilines is 1. The van der Waals surface area contributed by atoms with E-state index in [0.29, 0.717) is 18.8 Å². The second kappa shape index (κ2) is 8.33. The SMILES string of the molecule is CCOC(=O)c1cccc(N(CC)CC)c1C(=O)c1ccccc1O. The van der Waals surface area contributed by atoms with Gasteiger partial charge >= 0.3 is 5.97 Å². The van der Waals surface area contributed by atoms with Gasteiger partial charge in [-0.25, -0.2) is 4.79 Å². The lowest BCUT2D eigenvalue weighted by molar-refractivity contribution is 0.0523. The molecule has 0 aliphatic carbocycles. The molecular formula is C20H23NO4. The Morgan fingerprint density at radius 2 is 1.60 bits per heavy atom. The molecule has 5 heteroatoms. The standard InChI is InChI=1S/C20H23NO4/c1-4-21(5-2)16-12-9-11-15(20(24)25-6-3)18(16)19(23)14-10-7-8-13-17(14)22/h7-13,22H,4-6H2,1-3H3. The number of hydrogen-bond acceptors (Lipinski definition) is 5. The third kappa shape index (κ3) is 3.82. The van der Waals surface area contributed by atoms with Gasteiger partial charge in [-0.05, 0) is 45.0 Å². The summed E-state index contributed by atoms with van der Waals surface area (Å²) in [6.45, 7) is 7.27. The van der Waals surface area contributed by atoms with E-state index in [0.717, 1.165) is 0 Å². The van der Waals surface area contributed by atoms with Gasteiger partial charge in [0.15, 0.2) is 5.78 Å². The van der Waals surface area contributed by atoms with Crippen molar-refractivity contribution >= 4 is 17.4 Å². The van der Waals surface area contributed by atoms with Crippen LogP contribution < -0.4 is 4.90 Å². The summed E-state index contributed by atoms with van der Waals surface area (Å²) < 4.78 is 5.11. The van der Waals surface area contributed by atoms with Crippen LogP contribution in [0.1, 0.15) is 47.1 Å². The summed E-state index contributed by atoms with van der Waals surface area (Å²) >= 11 is 0. The highest BCUT2D eigenvalue weighted by Crippen LogP contribution is 2.30. The van der Waals surface area contributed by atoms with Gasteiger partial charge in [0.25, 0.3) is 0 Å².